The van der Waals surface area contributed by atoms with Crippen LogP contribution in [0.1, 0.15) is 20.3 Å². The number of carbonyl (C=O) groups is 1. The molecule has 2 nitrogen and oxygen atoms in total. The SMILES string of the molecule is C=C(C)C[C@H](C(=O)OCC)C(F)(F)F. The molecule has 0 saturated heterocycles. The maximum Gasteiger partial charge on any atom is 0.402 e. The fourth-order valence-corrected chi connectivity index (χ4v) is 0.924. The summed E-state index contributed by atoms with van der Waals surface area (Å²) in [5.74, 6) is -3.32. The van der Waals surface area contributed by atoms with Crippen molar-refractivity contribution in [1.82, 2.24) is 0 Å². The number of allylic oxidation sites excluding steroid dienone is 1. The molecule has 0 heterocycles. The van der Waals surface area contributed by atoms with E-state index in [4.69, 9.17) is 0 Å². The van der Waals surface area contributed by atoms with Crippen LogP contribution in [0.5, 0.6) is 0 Å². The highest BCUT2D eigenvalue weighted by Crippen LogP contribution is 2.31. The van der Waals surface area contributed by atoms with Crippen molar-refractivity contribution in [3.8, 4) is 0 Å². The van der Waals surface area contributed by atoms with Crippen LogP contribution in [0.3, 0.4) is 0 Å². The molecule has 0 aromatic heterocycles. The van der Waals surface area contributed by atoms with Crippen LogP contribution in [0.4, 0.5) is 13.2 Å². The third-order valence-corrected chi connectivity index (χ3v) is 1.52. The Kier molecular flexibility index (Phi) is 4.67. The van der Waals surface area contributed by atoms with Gasteiger partial charge in [0.25, 0.3) is 0 Å². The van der Waals surface area contributed by atoms with Crippen LogP contribution >= 0.6 is 0 Å². The van der Waals surface area contributed by atoms with Gasteiger partial charge in [0.05, 0.1) is 6.61 Å². The van der Waals surface area contributed by atoms with Gasteiger partial charge in [0.2, 0.25) is 0 Å². The smallest absolute Gasteiger partial charge is 0.402 e. The molecule has 0 aromatic rings. The summed E-state index contributed by atoms with van der Waals surface area (Å²) in [4.78, 5) is 10.9. The number of hydrogen-bond donors (Lipinski definition) is 0. The van der Waals surface area contributed by atoms with Gasteiger partial charge in [-0.3, -0.25) is 4.79 Å². The second-order valence-corrected chi connectivity index (χ2v) is 3.01. The van der Waals surface area contributed by atoms with Gasteiger partial charge in [-0.05, 0) is 20.3 Å². The maximum absolute atomic E-state index is 12.3. The monoisotopic (exact) mass is 210 g/mol. The Morgan fingerprint density at radius 1 is 1.50 bits per heavy atom. The molecule has 5 heteroatoms. The van der Waals surface area contributed by atoms with Crippen LogP contribution in [-0.2, 0) is 9.53 Å². The third-order valence-electron chi connectivity index (χ3n) is 1.52. The van der Waals surface area contributed by atoms with Gasteiger partial charge in [0.1, 0.15) is 0 Å². The average molecular weight is 210 g/mol. The standard InChI is InChI=1S/C9H13F3O2/c1-4-14-8(13)7(5-6(2)3)9(10,11)12/h7H,2,4-5H2,1,3H3/t7-/m1/s1. The first kappa shape index (κ1) is 13.0. The first-order valence-corrected chi connectivity index (χ1v) is 4.16. The summed E-state index contributed by atoms with van der Waals surface area (Å²) in [6.45, 7) is 6.20. The highest BCUT2D eigenvalue weighted by molar-refractivity contribution is 5.73. The lowest BCUT2D eigenvalue weighted by Crippen LogP contribution is -2.32. The van der Waals surface area contributed by atoms with E-state index in [-0.39, 0.29) is 6.61 Å². The van der Waals surface area contributed by atoms with Crippen molar-refractivity contribution in [2.24, 2.45) is 5.92 Å². The minimum Gasteiger partial charge on any atom is -0.466 e. The molecule has 82 valence electrons. The van der Waals surface area contributed by atoms with Gasteiger partial charge in [-0.2, -0.15) is 13.2 Å². The molecular weight excluding hydrogens is 197 g/mol. The number of ether oxygens (including phenoxy) is 1. The predicted molar refractivity (Wildman–Crippen MR) is 45.6 cm³/mol. The molecule has 1 atom stereocenters. The van der Waals surface area contributed by atoms with Crippen LogP contribution in [-0.4, -0.2) is 18.8 Å². The average Bonchev–Trinajstić information content (AvgIpc) is 1.98. The van der Waals surface area contributed by atoms with E-state index in [1.54, 1.807) is 0 Å². The van der Waals surface area contributed by atoms with Gasteiger partial charge in [-0.1, -0.05) is 5.57 Å². The first-order valence-electron chi connectivity index (χ1n) is 4.16. The Hall–Kier alpha value is -1.00. The summed E-state index contributed by atoms with van der Waals surface area (Å²) < 4.78 is 41.3. The summed E-state index contributed by atoms with van der Waals surface area (Å²) in [5.41, 5.74) is 0.306. The molecule has 0 aromatic carbocycles. The summed E-state index contributed by atoms with van der Waals surface area (Å²) in [5, 5.41) is 0. The van der Waals surface area contributed by atoms with Crippen LogP contribution < -0.4 is 0 Å². The zero-order chi connectivity index (χ0) is 11.4. The van der Waals surface area contributed by atoms with Gasteiger partial charge in [-0.15, -0.1) is 6.58 Å². The molecule has 0 saturated carbocycles. The molecule has 0 unspecified atom stereocenters. The van der Waals surface area contributed by atoms with E-state index in [9.17, 15) is 18.0 Å². The van der Waals surface area contributed by atoms with Crippen molar-refractivity contribution in [1.29, 1.82) is 0 Å². The Labute approximate surface area is 80.7 Å². The molecule has 0 bridgehead atoms. The Morgan fingerprint density at radius 3 is 2.29 bits per heavy atom. The summed E-state index contributed by atoms with van der Waals surface area (Å²) in [7, 11) is 0. The number of carbonyl (C=O) groups excluding carboxylic acids is 1. The maximum atomic E-state index is 12.3. The molecule has 0 spiro atoms. The number of halogens is 3. The lowest BCUT2D eigenvalue weighted by Gasteiger charge is -2.18. The molecule has 0 aliphatic heterocycles. The van der Waals surface area contributed by atoms with Crippen molar-refractivity contribution in [3.63, 3.8) is 0 Å². The number of rotatable bonds is 4. The summed E-state index contributed by atoms with van der Waals surface area (Å²) in [6.07, 6.45) is -4.98. The van der Waals surface area contributed by atoms with Gasteiger partial charge in [-0.25, -0.2) is 0 Å². The molecule has 0 N–H and O–H groups in total. The van der Waals surface area contributed by atoms with E-state index in [1.165, 1.54) is 13.8 Å². The largest absolute Gasteiger partial charge is 0.466 e. The zero-order valence-electron chi connectivity index (χ0n) is 8.15. The lowest BCUT2D eigenvalue weighted by molar-refractivity contribution is -0.197. The van der Waals surface area contributed by atoms with Crippen LogP contribution in [0, 0.1) is 5.92 Å². The molecule has 0 rings (SSSR count). The van der Waals surface area contributed by atoms with E-state index < -0.39 is 24.5 Å². The van der Waals surface area contributed by atoms with Crippen molar-refractivity contribution < 1.29 is 22.7 Å². The summed E-state index contributed by atoms with van der Waals surface area (Å²) >= 11 is 0. The molecule has 0 radical (unpaired) electrons. The topological polar surface area (TPSA) is 26.3 Å². The van der Waals surface area contributed by atoms with Crippen LogP contribution in [0.2, 0.25) is 0 Å². The highest BCUT2D eigenvalue weighted by atomic mass is 19.4. The molecule has 0 aliphatic carbocycles. The van der Waals surface area contributed by atoms with Crippen molar-refractivity contribution in [2.45, 2.75) is 26.4 Å². The Morgan fingerprint density at radius 2 is 2.00 bits per heavy atom. The first-order chi connectivity index (χ1) is 6.29. The van der Waals surface area contributed by atoms with Crippen LogP contribution in [0.15, 0.2) is 12.2 Å². The van der Waals surface area contributed by atoms with Gasteiger partial charge >= 0.3 is 12.1 Å². The number of hydrogen-bond acceptors (Lipinski definition) is 2. The van der Waals surface area contributed by atoms with Gasteiger partial charge < -0.3 is 4.74 Å². The van der Waals surface area contributed by atoms with E-state index in [2.05, 4.69) is 11.3 Å². The second-order valence-electron chi connectivity index (χ2n) is 3.01. The molecular formula is C9H13F3O2. The fourth-order valence-electron chi connectivity index (χ4n) is 0.924. The molecule has 0 fully saturated rings. The predicted octanol–water partition coefficient (Wildman–Crippen LogP) is 2.69. The minimum atomic E-state index is -4.56. The quantitative estimate of drug-likeness (QED) is 0.526. The van der Waals surface area contributed by atoms with Crippen LogP contribution in [0.25, 0.3) is 0 Å². The second kappa shape index (κ2) is 5.02. The molecule has 14 heavy (non-hydrogen) atoms. The van der Waals surface area contributed by atoms with E-state index in [0.717, 1.165) is 0 Å². The van der Waals surface area contributed by atoms with Gasteiger partial charge in [0, 0.05) is 0 Å². The summed E-state index contributed by atoms with van der Waals surface area (Å²) in [6, 6.07) is 0. The number of esters is 1. The lowest BCUT2D eigenvalue weighted by atomic mass is 10.0. The Balaban J connectivity index is 4.55. The Bertz CT molecular complexity index is 221. The normalized spacial score (nSPS) is 13.5. The van der Waals surface area contributed by atoms with E-state index in [1.807, 2.05) is 0 Å². The van der Waals surface area contributed by atoms with Gasteiger partial charge in [0.15, 0.2) is 5.92 Å². The zero-order valence-corrected chi connectivity index (χ0v) is 8.15. The van der Waals surface area contributed by atoms with Crippen molar-refractivity contribution in [3.05, 3.63) is 12.2 Å². The van der Waals surface area contributed by atoms with Crippen molar-refractivity contribution >= 4 is 5.97 Å². The highest BCUT2D eigenvalue weighted by Gasteiger charge is 2.45. The third kappa shape index (κ3) is 4.30. The molecule has 0 aliphatic rings. The van der Waals surface area contributed by atoms with E-state index in [0.29, 0.717) is 5.57 Å². The molecule has 0 amide bonds. The fraction of sp³-hybridized carbons (Fsp3) is 0.667. The number of alkyl halides is 3. The van der Waals surface area contributed by atoms with E-state index >= 15 is 0 Å². The minimum absolute atomic E-state index is 0.0540. The van der Waals surface area contributed by atoms with Crippen molar-refractivity contribution in [2.75, 3.05) is 6.61 Å².